The minimum absolute atomic E-state index is 0.306. The van der Waals surface area contributed by atoms with E-state index in [1.165, 1.54) is 16.8 Å². The molecular weight excluding hydrogens is 209 g/mol. The Balaban J connectivity index is 2.58. The summed E-state index contributed by atoms with van der Waals surface area (Å²) in [6, 6.07) is 1.94. The molecule has 0 aromatic carbocycles. The summed E-state index contributed by atoms with van der Waals surface area (Å²) in [5.41, 5.74) is -0.409. The molecule has 0 fully saturated rings. The Kier molecular flexibility index (Phi) is 2.15. The van der Waals surface area contributed by atoms with Gasteiger partial charge in [-0.2, -0.15) is 13.2 Å². The van der Waals surface area contributed by atoms with Gasteiger partial charge >= 0.3 is 6.18 Å². The van der Waals surface area contributed by atoms with Crippen molar-refractivity contribution in [2.45, 2.75) is 12.8 Å². The number of aliphatic hydroxyl groups excluding tert-OH is 1. The minimum Gasteiger partial charge on any atom is -0.388 e. The number of rotatable bonds is 1. The first-order valence-electron chi connectivity index (χ1n) is 4.16. The van der Waals surface area contributed by atoms with Gasteiger partial charge in [-0.3, -0.25) is 0 Å². The molecule has 0 aliphatic carbocycles. The summed E-state index contributed by atoms with van der Waals surface area (Å²) < 4.78 is 38.4. The van der Waals surface area contributed by atoms with Crippen molar-refractivity contribution in [1.82, 2.24) is 9.38 Å². The van der Waals surface area contributed by atoms with Crippen LogP contribution in [0, 0.1) is 0 Å². The van der Waals surface area contributed by atoms with Gasteiger partial charge in [0.25, 0.3) is 0 Å². The van der Waals surface area contributed by atoms with Crippen molar-refractivity contribution < 1.29 is 18.3 Å². The zero-order valence-corrected chi connectivity index (χ0v) is 7.49. The van der Waals surface area contributed by atoms with Crippen molar-refractivity contribution >= 4 is 5.52 Å². The van der Waals surface area contributed by atoms with E-state index in [0.29, 0.717) is 11.3 Å². The quantitative estimate of drug-likeness (QED) is 0.789. The second-order valence-corrected chi connectivity index (χ2v) is 3.04. The van der Waals surface area contributed by atoms with E-state index in [9.17, 15) is 13.2 Å². The number of imidazole rings is 1. The monoisotopic (exact) mass is 216 g/mol. The standard InChI is InChI=1S/C9H7F3N2O/c10-9(11,12)6-1-2-14-7(3-6)4-13-8(14)5-15/h1-4,15H,5H2. The fraction of sp³-hybridized carbons (Fsp3) is 0.222. The normalized spacial score (nSPS) is 12.3. The molecule has 2 aromatic rings. The maximum absolute atomic E-state index is 12.3. The Bertz CT molecular complexity index is 490. The van der Waals surface area contributed by atoms with Crippen LogP contribution in [0.1, 0.15) is 11.4 Å². The predicted molar refractivity (Wildman–Crippen MR) is 46.1 cm³/mol. The van der Waals surface area contributed by atoms with Crippen molar-refractivity contribution in [2.24, 2.45) is 0 Å². The molecule has 0 saturated heterocycles. The third-order valence-electron chi connectivity index (χ3n) is 2.08. The van der Waals surface area contributed by atoms with Crippen LogP contribution in [0.25, 0.3) is 5.52 Å². The molecule has 15 heavy (non-hydrogen) atoms. The van der Waals surface area contributed by atoms with Gasteiger partial charge in [-0.1, -0.05) is 0 Å². The lowest BCUT2D eigenvalue weighted by Crippen LogP contribution is -2.05. The number of aliphatic hydroxyl groups is 1. The molecule has 6 heteroatoms. The fourth-order valence-electron chi connectivity index (χ4n) is 1.35. The first-order valence-corrected chi connectivity index (χ1v) is 4.16. The molecule has 3 nitrogen and oxygen atoms in total. The van der Waals surface area contributed by atoms with Crippen molar-refractivity contribution in [2.75, 3.05) is 0 Å². The highest BCUT2D eigenvalue weighted by atomic mass is 19.4. The number of hydrogen-bond donors (Lipinski definition) is 1. The van der Waals surface area contributed by atoms with E-state index in [2.05, 4.69) is 4.98 Å². The topological polar surface area (TPSA) is 37.5 Å². The van der Waals surface area contributed by atoms with E-state index < -0.39 is 11.7 Å². The van der Waals surface area contributed by atoms with Crippen LogP contribution in [0.3, 0.4) is 0 Å². The predicted octanol–water partition coefficient (Wildman–Crippen LogP) is 1.85. The van der Waals surface area contributed by atoms with Crippen LogP contribution in [0.15, 0.2) is 24.5 Å². The Labute approximate surface area is 82.8 Å². The van der Waals surface area contributed by atoms with Crippen LogP contribution in [0.4, 0.5) is 13.2 Å². The molecule has 0 spiro atoms. The highest BCUT2D eigenvalue weighted by Crippen LogP contribution is 2.29. The summed E-state index contributed by atoms with van der Waals surface area (Å²) >= 11 is 0. The molecule has 0 radical (unpaired) electrons. The Morgan fingerprint density at radius 3 is 2.73 bits per heavy atom. The van der Waals surface area contributed by atoms with Gasteiger partial charge in [0.15, 0.2) is 0 Å². The molecule has 0 saturated carbocycles. The molecule has 0 aliphatic heterocycles. The summed E-state index contributed by atoms with van der Waals surface area (Å²) in [4.78, 5) is 3.78. The molecule has 0 bridgehead atoms. The molecular formula is C9H7F3N2O. The average molecular weight is 216 g/mol. The molecule has 0 amide bonds. The lowest BCUT2D eigenvalue weighted by Gasteiger charge is -2.06. The van der Waals surface area contributed by atoms with Gasteiger partial charge in [-0.05, 0) is 12.1 Å². The van der Waals surface area contributed by atoms with Crippen LogP contribution in [0.2, 0.25) is 0 Å². The summed E-state index contributed by atoms with van der Waals surface area (Å²) in [6.45, 7) is -0.306. The molecule has 2 heterocycles. The molecule has 0 unspecified atom stereocenters. The summed E-state index contributed by atoms with van der Waals surface area (Å²) in [5, 5.41) is 8.85. The summed E-state index contributed by atoms with van der Waals surface area (Å²) in [5.74, 6) is 0.318. The van der Waals surface area contributed by atoms with E-state index in [1.807, 2.05) is 0 Å². The Morgan fingerprint density at radius 1 is 1.40 bits per heavy atom. The number of halogens is 3. The van der Waals surface area contributed by atoms with Crippen LogP contribution >= 0.6 is 0 Å². The lowest BCUT2D eigenvalue weighted by molar-refractivity contribution is -0.137. The van der Waals surface area contributed by atoms with Gasteiger partial charge < -0.3 is 9.51 Å². The third kappa shape index (κ3) is 1.68. The lowest BCUT2D eigenvalue weighted by atomic mass is 10.2. The smallest absolute Gasteiger partial charge is 0.388 e. The van der Waals surface area contributed by atoms with Crippen LogP contribution < -0.4 is 0 Å². The molecule has 2 aromatic heterocycles. The maximum atomic E-state index is 12.3. The first kappa shape index (κ1) is 9.97. The van der Waals surface area contributed by atoms with Crippen molar-refractivity contribution in [3.8, 4) is 0 Å². The third-order valence-corrected chi connectivity index (χ3v) is 2.08. The molecule has 1 N–H and O–H groups in total. The van der Waals surface area contributed by atoms with Gasteiger partial charge in [0.2, 0.25) is 0 Å². The number of fused-ring (bicyclic) bond motifs is 1. The minimum atomic E-state index is -4.36. The first-order chi connectivity index (χ1) is 7.02. The highest BCUT2D eigenvalue weighted by molar-refractivity contribution is 5.48. The number of pyridine rings is 1. The highest BCUT2D eigenvalue weighted by Gasteiger charge is 2.30. The summed E-state index contributed by atoms with van der Waals surface area (Å²) in [6.07, 6.45) is -1.82. The number of nitrogens with zero attached hydrogens (tertiary/aromatic N) is 2. The number of hydrogen-bond acceptors (Lipinski definition) is 2. The zero-order valence-electron chi connectivity index (χ0n) is 7.49. The Morgan fingerprint density at radius 2 is 2.13 bits per heavy atom. The van der Waals surface area contributed by atoms with Crippen molar-refractivity contribution in [3.63, 3.8) is 0 Å². The van der Waals surface area contributed by atoms with Crippen LogP contribution in [-0.4, -0.2) is 14.5 Å². The maximum Gasteiger partial charge on any atom is 0.416 e. The molecule has 0 aliphatic rings. The van der Waals surface area contributed by atoms with Crippen LogP contribution in [-0.2, 0) is 12.8 Å². The van der Waals surface area contributed by atoms with Crippen LogP contribution in [0.5, 0.6) is 0 Å². The van der Waals surface area contributed by atoms with Gasteiger partial charge in [-0.15, -0.1) is 0 Å². The average Bonchev–Trinajstić information content (AvgIpc) is 2.58. The van der Waals surface area contributed by atoms with Gasteiger partial charge in [0, 0.05) is 6.20 Å². The van der Waals surface area contributed by atoms with Gasteiger partial charge in [0.05, 0.1) is 17.3 Å². The van der Waals surface area contributed by atoms with E-state index in [0.717, 1.165) is 12.1 Å². The second kappa shape index (κ2) is 3.23. The SMILES string of the molecule is OCc1ncc2cc(C(F)(F)F)ccn12. The fourth-order valence-corrected chi connectivity index (χ4v) is 1.35. The van der Waals surface area contributed by atoms with E-state index in [4.69, 9.17) is 5.11 Å². The molecule has 2 rings (SSSR count). The number of aromatic nitrogens is 2. The second-order valence-electron chi connectivity index (χ2n) is 3.04. The van der Waals surface area contributed by atoms with Crippen molar-refractivity contribution in [1.29, 1.82) is 0 Å². The van der Waals surface area contributed by atoms with Gasteiger partial charge in [-0.25, -0.2) is 4.98 Å². The summed E-state index contributed by atoms with van der Waals surface area (Å²) in [7, 11) is 0. The van der Waals surface area contributed by atoms with Gasteiger partial charge in [0.1, 0.15) is 12.4 Å². The molecule has 80 valence electrons. The molecule has 0 atom stereocenters. The largest absolute Gasteiger partial charge is 0.416 e. The zero-order chi connectivity index (χ0) is 11.1. The Hall–Kier alpha value is -1.56. The van der Waals surface area contributed by atoms with E-state index >= 15 is 0 Å². The number of alkyl halides is 3. The van der Waals surface area contributed by atoms with Crippen molar-refractivity contribution in [3.05, 3.63) is 35.9 Å². The van der Waals surface area contributed by atoms with E-state index in [-0.39, 0.29) is 6.61 Å². The van der Waals surface area contributed by atoms with E-state index in [1.54, 1.807) is 0 Å².